The highest BCUT2D eigenvalue weighted by molar-refractivity contribution is 5.92. The fourth-order valence-corrected chi connectivity index (χ4v) is 2.27. The summed E-state index contributed by atoms with van der Waals surface area (Å²) in [7, 11) is 1.97. The van der Waals surface area contributed by atoms with Crippen LogP contribution in [0.5, 0.6) is 5.75 Å². The fraction of sp³-hybridized carbons (Fsp3) is 0.188. The van der Waals surface area contributed by atoms with E-state index in [1.807, 2.05) is 36.7 Å². The molecule has 2 heterocycles. The highest BCUT2D eigenvalue weighted by Gasteiger charge is 2.08. The molecule has 2 aromatic heterocycles. The molecule has 3 rings (SSSR count). The van der Waals surface area contributed by atoms with E-state index in [4.69, 9.17) is 5.11 Å². The quantitative estimate of drug-likeness (QED) is 0.773. The van der Waals surface area contributed by atoms with Crippen molar-refractivity contribution >= 4 is 16.9 Å². The van der Waals surface area contributed by atoms with Crippen molar-refractivity contribution in [3.05, 3.63) is 53.6 Å². The smallest absolute Gasteiger partial charge is 0.270 e. The highest BCUT2D eigenvalue weighted by atomic mass is 16.3. The van der Waals surface area contributed by atoms with Gasteiger partial charge in [-0.25, -0.2) is 9.97 Å². The second kappa shape index (κ2) is 5.48. The predicted molar refractivity (Wildman–Crippen MR) is 82.5 cm³/mol. The van der Waals surface area contributed by atoms with Gasteiger partial charge in [-0.2, -0.15) is 0 Å². The number of pyridine rings is 1. The van der Waals surface area contributed by atoms with E-state index in [1.165, 1.54) is 18.3 Å². The van der Waals surface area contributed by atoms with Crippen molar-refractivity contribution in [3.63, 3.8) is 0 Å². The number of carbonyl (C=O) groups is 1. The van der Waals surface area contributed by atoms with Crippen molar-refractivity contribution in [1.82, 2.24) is 19.9 Å². The Bertz CT molecular complexity index is 837. The normalized spacial score (nSPS) is 10.8. The average molecular weight is 296 g/mol. The van der Waals surface area contributed by atoms with Gasteiger partial charge in [0.25, 0.3) is 5.91 Å². The number of imidazole rings is 1. The summed E-state index contributed by atoms with van der Waals surface area (Å²) in [6.45, 7) is 2.35. The zero-order valence-corrected chi connectivity index (χ0v) is 12.4. The molecule has 3 aromatic rings. The Morgan fingerprint density at radius 1 is 1.32 bits per heavy atom. The van der Waals surface area contributed by atoms with E-state index in [1.54, 1.807) is 0 Å². The Labute approximate surface area is 127 Å². The van der Waals surface area contributed by atoms with Gasteiger partial charge in [0.2, 0.25) is 0 Å². The van der Waals surface area contributed by atoms with E-state index in [0.29, 0.717) is 6.54 Å². The van der Waals surface area contributed by atoms with Crippen LogP contribution in [-0.2, 0) is 13.6 Å². The summed E-state index contributed by atoms with van der Waals surface area (Å²) < 4.78 is 2.03. The number of hydrogen-bond donors (Lipinski definition) is 2. The van der Waals surface area contributed by atoms with Gasteiger partial charge in [-0.05, 0) is 36.8 Å². The van der Waals surface area contributed by atoms with Crippen molar-refractivity contribution in [1.29, 1.82) is 0 Å². The van der Waals surface area contributed by atoms with Crippen LogP contribution >= 0.6 is 0 Å². The molecule has 0 bridgehead atoms. The molecule has 0 fully saturated rings. The second-order valence-corrected chi connectivity index (χ2v) is 5.13. The molecule has 0 radical (unpaired) electrons. The number of nitrogens with zero attached hydrogens (tertiary/aromatic N) is 3. The van der Waals surface area contributed by atoms with Crippen molar-refractivity contribution < 1.29 is 9.90 Å². The Morgan fingerprint density at radius 3 is 2.86 bits per heavy atom. The van der Waals surface area contributed by atoms with Gasteiger partial charge >= 0.3 is 0 Å². The van der Waals surface area contributed by atoms with E-state index in [-0.39, 0.29) is 17.4 Å². The molecule has 22 heavy (non-hydrogen) atoms. The number of amides is 1. The van der Waals surface area contributed by atoms with Crippen molar-refractivity contribution in [2.45, 2.75) is 13.5 Å². The van der Waals surface area contributed by atoms with Crippen LogP contribution in [-0.4, -0.2) is 25.5 Å². The van der Waals surface area contributed by atoms with Crippen LogP contribution in [0.2, 0.25) is 0 Å². The molecule has 1 amide bonds. The lowest BCUT2D eigenvalue weighted by atomic mass is 10.2. The molecule has 1 aromatic carbocycles. The standard InChI is InChI=1S/C16H16N4O2/c1-10-19-14-7-11(3-6-15(14)20(10)2)8-18-16(22)13-5-4-12(21)9-17-13/h3-7,9,21H,8H2,1-2H3,(H,18,22). The predicted octanol–water partition coefficient (Wildman–Crippen LogP) is 1.91. The summed E-state index contributed by atoms with van der Waals surface area (Å²) in [6, 6.07) is 8.84. The Balaban J connectivity index is 1.73. The number of benzene rings is 1. The molecular weight excluding hydrogens is 280 g/mol. The molecule has 6 heteroatoms. The third-order valence-electron chi connectivity index (χ3n) is 3.60. The Kier molecular flexibility index (Phi) is 3.50. The summed E-state index contributed by atoms with van der Waals surface area (Å²) in [5.41, 5.74) is 3.22. The molecule has 0 spiro atoms. The first-order valence-electron chi connectivity index (χ1n) is 6.90. The fourth-order valence-electron chi connectivity index (χ4n) is 2.27. The highest BCUT2D eigenvalue weighted by Crippen LogP contribution is 2.16. The van der Waals surface area contributed by atoms with Gasteiger partial charge in [-0.15, -0.1) is 0 Å². The van der Waals surface area contributed by atoms with Crippen LogP contribution in [0, 0.1) is 6.92 Å². The number of aromatic nitrogens is 3. The average Bonchev–Trinajstić information content (AvgIpc) is 2.80. The lowest BCUT2D eigenvalue weighted by Gasteiger charge is -2.05. The molecule has 0 aliphatic heterocycles. The SMILES string of the molecule is Cc1nc2cc(CNC(=O)c3ccc(O)cn3)ccc2n1C. The molecule has 0 aliphatic carbocycles. The molecule has 0 saturated heterocycles. The Morgan fingerprint density at radius 2 is 2.14 bits per heavy atom. The third kappa shape index (κ3) is 2.63. The number of nitrogens with one attached hydrogen (secondary N) is 1. The van der Waals surface area contributed by atoms with Gasteiger partial charge in [-0.3, -0.25) is 4.79 Å². The number of rotatable bonds is 3. The van der Waals surface area contributed by atoms with Crippen LogP contribution in [0.3, 0.4) is 0 Å². The zero-order valence-electron chi connectivity index (χ0n) is 12.4. The zero-order chi connectivity index (χ0) is 15.7. The van der Waals surface area contributed by atoms with Crippen molar-refractivity contribution in [3.8, 4) is 5.75 Å². The van der Waals surface area contributed by atoms with Crippen LogP contribution in [0.15, 0.2) is 36.5 Å². The number of aryl methyl sites for hydroxylation is 2. The van der Waals surface area contributed by atoms with Gasteiger partial charge < -0.3 is 15.0 Å². The Hall–Kier alpha value is -2.89. The van der Waals surface area contributed by atoms with E-state index < -0.39 is 0 Å². The molecule has 0 aliphatic rings. The van der Waals surface area contributed by atoms with E-state index in [9.17, 15) is 4.79 Å². The molecule has 112 valence electrons. The first kappa shape index (κ1) is 14.1. The number of fused-ring (bicyclic) bond motifs is 1. The summed E-state index contributed by atoms with van der Waals surface area (Å²) in [4.78, 5) is 20.3. The first-order valence-corrected chi connectivity index (χ1v) is 6.90. The minimum Gasteiger partial charge on any atom is -0.506 e. The maximum absolute atomic E-state index is 12.0. The largest absolute Gasteiger partial charge is 0.506 e. The minimum atomic E-state index is -0.280. The lowest BCUT2D eigenvalue weighted by Crippen LogP contribution is -2.23. The number of hydrogen-bond acceptors (Lipinski definition) is 4. The molecule has 0 unspecified atom stereocenters. The number of carbonyl (C=O) groups excluding carboxylic acids is 1. The molecule has 6 nitrogen and oxygen atoms in total. The van der Waals surface area contributed by atoms with Crippen LogP contribution in [0.25, 0.3) is 11.0 Å². The molecule has 0 atom stereocenters. The summed E-state index contributed by atoms with van der Waals surface area (Å²) >= 11 is 0. The van der Waals surface area contributed by atoms with Gasteiger partial charge in [-0.1, -0.05) is 6.07 Å². The first-order chi connectivity index (χ1) is 10.5. The monoisotopic (exact) mass is 296 g/mol. The summed E-state index contributed by atoms with van der Waals surface area (Å²) in [6.07, 6.45) is 1.25. The van der Waals surface area contributed by atoms with Crippen LogP contribution in [0.4, 0.5) is 0 Å². The topological polar surface area (TPSA) is 80.0 Å². The lowest BCUT2D eigenvalue weighted by molar-refractivity contribution is 0.0946. The molecular formula is C16H16N4O2. The molecule has 0 saturated carbocycles. The second-order valence-electron chi connectivity index (χ2n) is 5.13. The van der Waals surface area contributed by atoms with Crippen molar-refractivity contribution in [2.24, 2.45) is 7.05 Å². The summed E-state index contributed by atoms with van der Waals surface area (Å²) in [5.74, 6) is 0.703. The molecule has 2 N–H and O–H groups in total. The third-order valence-corrected chi connectivity index (χ3v) is 3.60. The van der Waals surface area contributed by atoms with E-state index >= 15 is 0 Å². The summed E-state index contributed by atoms with van der Waals surface area (Å²) in [5, 5.41) is 12.0. The van der Waals surface area contributed by atoms with Gasteiger partial charge in [0.1, 0.15) is 17.3 Å². The maximum Gasteiger partial charge on any atom is 0.270 e. The maximum atomic E-state index is 12.0. The van der Waals surface area contributed by atoms with E-state index in [2.05, 4.69) is 15.3 Å². The minimum absolute atomic E-state index is 0.0347. The van der Waals surface area contributed by atoms with Gasteiger partial charge in [0.05, 0.1) is 17.2 Å². The van der Waals surface area contributed by atoms with Gasteiger partial charge in [0.15, 0.2) is 0 Å². The van der Waals surface area contributed by atoms with E-state index in [0.717, 1.165) is 22.4 Å². The van der Waals surface area contributed by atoms with Crippen molar-refractivity contribution in [2.75, 3.05) is 0 Å². The van der Waals surface area contributed by atoms with Crippen LogP contribution < -0.4 is 5.32 Å². The number of aromatic hydroxyl groups is 1. The van der Waals surface area contributed by atoms with Gasteiger partial charge in [0, 0.05) is 13.6 Å². The van der Waals surface area contributed by atoms with Crippen LogP contribution in [0.1, 0.15) is 21.9 Å².